The first-order valence-electron chi connectivity index (χ1n) is 10.3. The molecule has 0 aliphatic rings. The third kappa shape index (κ3) is 7.21. The van der Waals surface area contributed by atoms with Crippen LogP contribution in [0.5, 0.6) is 0 Å². The molecule has 0 fully saturated rings. The van der Waals surface area contributed by atoms with E-state index in [1.165, 1.54) is 17.8 Å². The fraction of sp³-hybridized carbons (Fsp3) is 0.167. The number of carbonyl (C=O) groups is 2. The molecule has 3 aromatic rings. The molecule has 1 heterocycles. The Morgan fingerprint density at radius 2 is 1.97 bits per heavy atom. The summed E-state index contributed by atoms with van der Waals surface area (Å²) in [5, 5.41) is 15.6. The lowest BCUT2D eigenvalue weighted by Gasteiger charge is -2.10. The number of nitrogens with one attached hydrogen (secondary N) is 2. The highest BCUT2D eigenvalue weighted by Gasteiger charge is 2.14. The van der Waals surface area contributed by atoms with Crippen LogP contribution in [-0.2, 0) is 22.7 Å². The molecule has 2 aromatic carbocycles. The number of rotatable bonds is 10. The van der Waals surface area contributed by atoms with Crippen LogP contribution >= 0.6 is 35.0 Å². The van der Waals surface area contributed by atoms with Crippen LogP contribution < -0.4 is 10.6 Å². The Hall–Kier alpha value is -3.07. The first kappa shape index (κ1) is 25.6. The maximum absolute atomic E-state index is 12.4. The summed E-state index contributed by atoms with van der Waals surface area (Å²) < 4.78 is 1.80. The average molecular weight is 516 g/mol. The molecule has 3 rings (SSSR count). The molecule has 34 heavy (non-hydrogen) atoms. The molecule has 0 aliphatic carbocycles. The predicted octanol–water partition coefficient (Wildman–Crippen LogP) is 5.14. The van der Waals surface area contributed by atoms with Gasteiger partial charge in [-0.15, -0.1) is 16.8 Å². The smallest absolute Gasteiger partial charge is 0.244 e. The summed E-state index contributed by atoms with van der Waals surface area (Å²) >= 11 is 13.4. The number of hydrogen-bond acceptors (Lipinski definition) is 5. The van der Waals surface area contributed by atoms with Crippen LogP contribution in [-0.4, -0.2) is 32.3 Å². The Morgan fingerprint density at radius 1 is 1.18 bits per heavy atom. The molecule has 7 nitrogen and oxygen atoms in total. The first-order valence-corrected chi connectivity index (χ1v) is 12.0. The van der Waals surface area contributed by atoms with E-state index < -0.39 is 0 Å². The van der Waals surface area contributed by atoms with Crippen LogP contribution in [0.15, 0.2) is 66.4 Å². The zero-order chi connectivity index (χ0) is 24.5. The van der Waals surface area contributed by atoms with Crippen molar-refractivity contribution in [2.75, 3.05) is 11.1 Å². The summed E-state index contributed by atoms with van der Waals surface area (Å²) in [7, 11) is 0. The highest BCUT2D eigenvalue weighted by molar-refractivity contribution is 7.99. The van der Waals surface area contributed by atoms with E-state index >= 15 is 0 Å². The Kier molecular flexibility index (Phi) is 9.33. The normalized spacial score (nSPS) is 10.9. The van der Waals surface area contributed by atoms with Gasteiger partial charge in [0, 0.05) is 28.4 Å². The van der Waals surface area contributed by atoms with Crippen LogP contribution in [0, 0.1) is 6.92 Å². The van der Waals surface area contributed by atoms with Gasteiger partial charge in [0.05, 0.1) is 12.3 Å². The molecule has 10 heteroatoms. The van der Waals surface area contributed by atoms with Crippen molar-refractivity contribution < 1.29 is 9.59 Å². The summed E-state index contributed by atoms with van der Waals surface area (Å²) in [5.74, 6) is 0.198. The molecular formula is C24H23Cl2N5O2S. The SMILES string of the molecule is C=CCn1c(CNC(=O)/C=C/c2ccccc2Cl)nnc1SCC(=O)Nc1cc(Cl)ccc1C. The van der Waals surface area contributed by atoms with E-state index in [9.17, 15) is 9.59 Å². The van der Waals surface area contributed by atoms with Gasteiger partial charge in [-0.1, -0.05) is 65.3 Å². The number of carbonyl (C=O) groups excluding carboxylic acids is 2. The molecule has 0 aliphatic heterocycles. The Balaban J connectivity index is 1.58. The molecule has 0 bridgehead atoms. The number of aromatic nitrogens is 3. The molecule has 1 aromatic heterocycles. The van der Waals surface area contributed by atoms with Crippen LogP contribution in [0.3, 0.4) is 0 Å². The molecule has 0 saturated heterocycles. The van der Waals surface area contributed by atoms with E-state index in [0.717, 1.165) is 11.1 Å². The predicted molar refractivity (Wildman–Crippen MR) is 138 cm³/mol. The van der Waals surface area contributed by atoms with Crippen molar-refractivity contribution in [3.8, 4) is 0 Å². The number of halogens is 2. The second-order valence-electron chi connectivity index (χ2n) is 7.17. The van der Waals surface area contributed by atoms with E-state index in [2.05, 4.69) is 27.4 Å². The summed E-state index contributed by atoms with van der Waals surface area (Å²) in [6.45, 7) is 6.26. The fourth-order valence-corrected chi connectivity index (χ4v) is 4.05. The van der Waals surface area contributed by atoms with Crippen molar-refractivity contribution in [1.29, 1.82) is 0 Å². The highest BCUT2D eigenvalue weighted by atomic mass is 35.5. The summed E-state index contributed by atoms with van der Waals surface area (Å²) in [6.07, 6.45) is 4.76. The standard InChI is InChI=1S/C24H23Cl2N5O2S/c1-3-12-31-21(14-27-22(32)11-9-17-6-4-5-7-19(17)26)29-30-24(31)34-15-23(33)28-20-13-18(25)10-8-16(20)2/h3-11,13H,1,12,14-15H2,2H3,(H,27,32)(H,28,33)/b11-9+. The van der Waals surface area contributed by atoms with Gasteiger partial charge in [0.2, 0.25) is 11.8 Å². The lowest BCUT2D eigenvalue weighted by molar-refractivity contribution is -0.116. The molecule has 0 spiro atoms. The fourth-order valence-electron chi connectivity index (χ4n) is 2.92. The minimum Gasteiger partial charge on any atom is -0.345 e. The van der Waals surface area contributed by atoms with Gasteiger partial charge in [-0.3, -0.25) is 9.59 Å². The van der Waals surface area contributed by atoms with Gasteiger partial charge in [-0.25, -0.2) is 0 Å². The molecule has 0 radical (unpaired) electrons. The summed E-state index contributed by atoms with van der Waals surface area (Å²) in [5.41, 5.74) is 2.33. The molecule has 176 valence electrons. The number of thioether (sulfide) groups is 1. The number of benzene rings is 2. The van der Waals surface area contributed by atoms with E-state index in [4.69, 9.17) is 23.2 Å². The van der Waals surface area contributed by atoms with E-state index in [1.54, 1.807) is 34.9 Å². The van der Waals surface area contributed by atoms with Crippen molar-refractivity contribution in [2.24, 2.45) is 0 Å². The van der Waals surface area contributed by atoms with Gasteiger partial charge in [0.15, 0.2) is 11.0 Å². The largest absolute Gasteiger partial charge is 0.345 e. The number of anilines is 1. The van der Waals surface area contributed by atoms with Gasteiger partial charge in [0.25, 0.3) is 0 Å². The zero-order valence-electron chi connectivity index (χ0n) is 18.4. The van der Waals surface area contributed by atoms with Crippen molar-refractivity contribution in [2.45, 2.75) is 25.2 Å². The van der Waals surface area contributed by atoms with Crippen molar-refractivity contribution >= 4 is 58.5 Å². The highest BCUT2D eigenvalue weighted by Crippen LogP contribution is 2.22. The van der Waals surface area contributed by atoms with Crippen molar-refractivity contribution in [1.82, 2.24) is 20.1 Å². The van der Waals surface area contributed by atoms with Gasteiger partial charge in [0.1, 0.15) is 0 Å². The molecule has 2 amide bonds. The van der Waals surface area contributed by atoms with Crippen LogP contribution in [0.4, 0.5) is 5.69 Å². The van der Waals surface area contributed by atoms with Gasteiger partial charge in [-0.2, -0.15) is 0 Å². The topological polar surface area (TPSA) is 88.9 Å². The molecule has 2 N–H and O–H groups in total. The lowest BCUT2D eigenvalue weighted by atomic mass is 10.2. The van der Waals surface area contributed by atoms with Gasteiger partial charge in [-0.05, 0) is 42.3 Å². The minimum atomic E-state index is -0.293. The van der Waals surface area contributed by atoms with E-state index in [-0.39, 0.29) is 24.1 Å². The lowest BCUT2D eigenvalue weighted by Crippen LogP contribution is -2.23. The Morgan fingerprint density at radius 3 is 2.74 bits per heavy atom. The number of aryl methyl sites for hydroxylation is 1. The number of hydrogen-bond donors (Lipinski definition) is 2. The average Bonchev–Trinajstić information content (AvgIpc) is 3.20. The van der Waals surface area contributed by atoms with E-state index in [1.807, 2.05) is 31.2 Å². The monoisotopic (exact) mass is 515 g/mol. The Bertz CT molecular complexity index is 1230. The molecule has 0 saturated carbocycles. The van der Waals surface area contributed by atoms with Gasteiger partial charge >= 0.3 is 0 Å². The second kappa shape index (κ2) is 12.4. The van der Waals surface area contributed by atoms with E-state index in [0.29, 0.717) is 33.3 Å². The third-order valence-corrected chi connectivity index (χ3v) is 6.20. The second-order valence-corrected chi connectivity index (χ2v) is 8.95. The van der Waals surface area contributed by atoms with Crippen LogP contribution in [0.1, 0.15) is 17.0 Å². The summed E-state index contributed by atoms with van der Waals surface area (Å²) in [6, 6.07) is 12.6. The molecule has 0 atom stereocenters. The maximum Gasteiger partial charge on any atom is 0.244 e. The molecular weight excluding hydrogens is 493 g/mol. The Labute approximate surface area is 212 Å². The van der Waals surface area contributed by atoms with Gasteiger partial charge < -0.3 is 15.2 Å². The third-order valence-electron chi connectivity index (χ3n) is 4.65. The minimum absolute atomic E-state index is 0.133. The zero-order valence-corrected chi connectivity index (χ0v) is 20.8. The van der Waals surface area contributed by atoms with Crippen molar-refractivity contribution in [3.63, 3.8) is 0 Å². The first-order chi connectivity index (χ1) is 16.4. The number of nitrogens with zero attached hydrogens (tertiary/aromatic N) is 3. The molecule has 0 unspecified atom stereocenters. The number of allylic oxidation sites excluding steroid dienone is 1. The van der Waals surface area contributed by atoms with Crippen LogP contribution in [0.2, 0.25) is 10.0 Å². The quantitative estimate of drug-likeness (QED) is 0.221. The maximum atomic E-state index is 12.4. The van der Waals surface area contributed by atoms with Crippen LogP contribution in [0.25, 0.3) is 6.08 Å². The number of amides is 2. The van der Waals surface area contributed by atoms with Crippen molar-refractivity contribution in [3.05, 3.63) is 88.2 Å². The summed E-state index contributed by atoms with van der Waals surface area (Å²) in [4.78, 5) is 24.7.